The van der Waals surface area contributed by atoms with Crippen molar-refractivity contribution in [1.82, 2.24) is 10.6 Å². The Morgan fingerprint density at radius 2 is 1.91 bits per heavy atom. The summed E-state index contributed by atoms with van der Waals surface area (Å²) in [7, 11) is 0. The molecular formula is C18H25ClN2O2. The summed E-state index contributed by atoms with van der Waals surface area (Å²) in [5, 5.41) is 5.41. The molecule has 2 rings (SSSR count). The van der Waals surface area contributed by atoms with Crippen LogP contribution >= 0.6 is 11.6 Å². The van der Waals surface area contributed by atoms with Crippen LogP contribution in [0, 0.1) is 0 Å². The van der Waals surface area contributed by atoms with Gasteiger partial charge in [-0.15, -0.1) is 11.6 Å². The second-order valence-electron chi connectivity index (χ2n) is 5.97. The SMILES string of the molecule is CCC(NC(=O)C(=O)NCCCCl)c1ccc2c(c1)CCCC2. The number of nitrogens with one attached hydrogen (secondary N) is 2. The van der Waals surface area contributed by atoms with Crippen molar-refractivity contribution in [1.29, 1.82) is 0 Å². The van der Waals surface area contributed by atoms with Crippen LogP contribution in [0.4, 0.5) is 0 Å². The second kappa shape index (κ2) is 8.92. The van der Waals surface area contributed by atoms with Crippen molar-refractivity contribution in [2.75, 3.05) is 12.4 Å². The van der Waals surface area contributed by atoms with E-state index in [1.165, 1.54) is 24.0 Å². The summed E-state index contributed by atoms with van der Waals surface area (Å²) < 4.78 is 0. The zero-order chi connectivity index (χ0) is 16.7. The lowest BCUT2D eigenvalue weighted by Gasteiger charge is -2.21. The monoisotopic (exact) mass is 336 g/mol. The highest BCUT2D eigenvalue weighted by atomic mass is 35.5. The number of aryl methyl sites for hydroxylation is 2. The van der Waals surface area contributed by atoms with Crippen molar-refractivity contribution < 1.29 is 9.59 Å². The Kier molecular flexibility index (Phi) is 6.90. The number of benzene rings is 1. The van der Waals surface area contributed by atoms with E-state index >= 15 is 0 Å². The molecule has 0 aromatic heterocycles. The van der Waals surface area contributed by atoms with Crippen LogP contribution in [0.3, 0.4) is 0 Å². The molecule has 0 saturated carbocycles. The number of hydrogen-bond donors (Lipinski definition) is 2. The Labute approximate surface area is 143 Å². The second-order valence-corrected chi connectivity index (χ2v) is 6.35. The molecule has 1 aromatic carbocycles. The molecule has 2 amide bonds. The Balaban J connectivity index is 1.99. The number of halogens is 1. The molecule has 126 valence electrons. The van der Waals surface area contributed by atoms with E-state index in [0.717, 1.165) is 24.8 Å². The molecule has 0 spiro atoms. The summed E-state index contributed by atoms with van der Waals surface area (Å²) in [4.78, 5) is 23.8. The molecule has 1 aliphatic rings. The molecule has 5 heteroatoms. The van der Waals surface area contributed by atoms with Gasteiger partial charge < -0.3 is 10.6 Å². The minimum atomic E-state index is -0.591. The fourth-order valence-electron chi connectivity index (χ4n) is 2.96. The van der Waals surface area contributed by atoms with Gasteiger partial charge in [0.25, 0.3) is 0 Å². The quantitative estimate of drug-likeness (QED) is 0.477. The van der Waals surface area contributed by atoms with Crippen molar-refractivity contribution in [3.63, 3.8) is 0 Å². The van der Waals surface area contributed by atoms with Gasteiger partial charge in [-0.2, -0.15) is 0 Å². The zero-order valence-corrected chi connectivity index (χ0v) is 14.4. The van der Waals surface area contributed by atoms with Crippen molar-refractivity contribution in [3.05, 3.63) is 34.9 Å². The third kappa shape index (κ3) is 4.96. The van der Waals surface area contributed by atoms with E-state index in [1.54, 1.807) is 0 Å². The molecule has 0 saturated heterocycles. The molecule has 23 heavy (non-hydrogen) atoms. The molecule has 4 nitrogen and oxygen atoms in total. The third-order valence-electron chi connectivity index (χ3n) is 4.29. The maximum absolute atomic E-state index is 12.0. The van der Waals surface area contributed by atoms with Crippen molar-refractivity contribution in [3.8, 4) is 0 Å². The molecule has 1 aromatic rings. The smallest absolute Gasteiger partial charge is 0.309 e. The lowest BCUT2D eigenvalue weighted by Crippen LogP contribution is -2.41. The highest BCUT2D eigenvalue weighted by Gasteiger charge is 2.19. The average Bonchev–Trinajstić information content (AvgIpc) is 2.59. The lowest BCUT2D eigenvalue weighted by molar-refractivity contribution is -0.139. The Hall–Kier alpha value is -1.55. The summed E-state index contributed by atoms with van der Waals surface area (Å²) in [6.45, 7) is 2.43. The van der Waals surface area contributed by atoms with Crippen LogP contribution in [0.15, 0.2) is 18.2 Å². The summed E-state index contributed by atoms with van der Waals surface area (Å²) in [5.74, 6) is -0.704. The first kappa shape index (κ1) is 17.8. The highest BCUT2D eigenvalue weighted by Crippen LogP contribution is 2.26. The van der Waals surface area contributed by atoms with E-state index in [1.807, 2.05) is 6.92 Å². The van der Waals surface area contributed by atoms with Gasteiger partial charge in [0.1, 0.15) is 0 Å². The van der Waals surface area contributed by atoms with Crippen LogP contribution in [0.25, 0.3) is 0 Å². The molecule has 0 aliphatic heterocycles. The van der Waals surface area contributed by atoms with Crippen LogP contribution in [0.1, 0.15) is 55.3 Å². The number of fused-ring (bicyclic) bond motifs is 1. The van der Waals surface area contributed by atoms with E-state index in [0.29, 0.717) is 18.8 Å². The van der Waals surface area contributed by atoms with E-state index in [9.17, 15) is 9.59 Å². The van der Waals surface area contributed by atoms with Gasteiger partial charge >= 0.3 is 11.8 Å². The number of alkyl halides is 1. The van der Waals surface area contributed by atoms with Gasteiger partial charge in [-0.1, -0.05) is 25.1 Å². The fourth-order valence-corrected chi connectivity index (χ4v) is 3.10. The molecule has 1 unspecified atom stereocenters. The average molecular weight is 337 g/mol. The fraction of sp³-hybridized carbons (Fsp3) is 0.556. The molecule has 1 atom stereocenters. The summed E-state index contributed by atoms with van der Waals surface area (Å²) in [5.41, 5.74) is 3.88. The molecule has 0 radical (unpaired) electrons. The highest BCUT2D eigenvalue weighted by molar-refractivity contribution is 6.35. The first-order valence-electron chi connectivity index (χ1n) is 8.42. The van der Waals surface area contributed by atoms with Crippen molar-refractivity contribution in [2.45, 2.75) is 51.5 Å². The third-order valence-corrected chi connectivity index (χ3v) is 4.56. The molecule has 0 fully saturated rings. The lowest BCUT2D eigenvalue weighted by atomic mass is 9.89. The molecular weight excluding hydrogens is 312 g/mol. The van der Waals surface area contributed by atoms with Crippen LogP contribution in [0.5, 0.6) is 0 Å². The predicted octanol–water partition coefficient (Wildman–Crippen LogP) is 2.88. The number of amides is 2. The van der Waals surface area contributed by atoms with Crippen LogP contribution in [-0.2, 0) is 22.4 Å². The van der Waals surface area contributed by atoms with E-state index < -0.39 is 11.8 Å². The maximum Gasteiger partial charge on any atom is 0.309 e. The standard InChI is InChI=1S/C18H25ClN2O2/c1-2-16(21-18(23)17(22)20-11-5-10-19)15-9-8-13-6-3-4-7-14(13)12-15/h8-9,12,16H,2-7,10-11H2,1H3,(H,20,22)(H,21,23). The van der Waals surface area contributed by atoms with Crippen LogP contribution < -0.4 is 10.6 Å². The first-order valence-corrected chi connectivity index (χ1v) is 8.95. The number of rotatable bonds is 6. The first-order chi connectivity index (χ1) is 11.2. The summed E-state index contributed by atoms with van der Waals surface area (Å²) in [6.07, 6.45) is 6.13. The number of carbonyl (C=O) groups is 2. The topological polar surface area (TPSA) is 58.2 Å². The molecule has 0 bridgehead atoms. The van der Waals surface area contributed by atoms with Crippen molar-refractivity contribution >= 4 is 23.4 Å². The van der Waals surface area contributed by atoms with E-state index in [-0.39, 0.29) is 6.04 Å². The summed E-state index contributed by atoms with van der Waals surface area (Å²) in [6, 6.07) is 6.30. The Bertz CT molecular complexity index is 560. The molecule has 1 aliphatic carbocycles. The van der Waals surface area contributed by atoms with Gasteiger partial charge in [-0.05, 0) is 55.2 Å². The number of hydrogen-bond acceptors (Lipinski definition) is 2. The molecule has 0 heterocycles. The Morgan fingerprint density at radius 1 is 1.17 bits per heavy atom. The van der Waals surface area contributed by atoms with Crippen molar-refractivity contribution in [2.24, 2.45) is 0 Å². The van der Waals surface area contributed by atoms with Gasteiger partial charge in [-0.25, -0.2) is 0 Å². The van der Waals surface area contributed by atoms with Gasteiger partial charge in [0.05, 0.1) is 6.04 Å². The number of carbonyl (C=O) groups excluding carboxylic acids is 2. The summed E-state index contributed by atoms with van der Waals surface area (Å²) >= 11 is 5.56. The van der Waals surface area contributed by atoms with Gasteiger partial charge in [0, 0.05) is 12.4 Å². The van der Waals surface area contributed by atoms with E-state index in [4.69, 9.17) is 11.6 Å². The normalized spacial score (nSPS) is 14.7. The minimum Gasteiger partial charge on any atom is -0.348 e. The van der Waals surface area contributed by atoms with E-state index in [2.05, 4.69) is 28.8 Å². The largest absolute Gasteiger partial charge is 0.348 e. The predicted molar refractivity (Wildman–Crippen MR) is 92.6 cm³/mol. The molecule has 2 N–H and O–H groups in total. The maximum atomic E-state index is 12.0. The minimum absolute atomic E-state index is 0.131. The van der Waals surface area contributed by atoms with Gasteiger partial charge in [0.2, 0.25) is 0 Å². The zero-order valence-electron chi connectivity index (χ0n) is 13.7. The van der Waals surface area contributed by atoms with Crippen LogP contribution in [-0.4, -0.2) is 24.2 Å². The van der Waals surface area contributed by atoms with Crippen LogP contribution in [0.2, 0.25) is 0 Å². The van der Waals surface area contributed by atoms with Gasteiger partial charge in [0.15, 0.2) is 0 Å². The Morgan fingerprint density at radius 3 is 2.61 bits per heavy atom. The van der Waals surface area contributed by atoms with Gasteiger partial charge in [-0.3, -0.25) is 9.59 Å².